The number of ether oxygens (including phenoxy) is 1. The molecule has 0 spiro atoms. The second kappa shape index (κ2) is 6.61. The fourth-order valence-electron chi connectivity index (χ4n) is 3.54. The summed E-state index contributed by atoms with van der Waals surface area (Å²) in [5.41, 5.74) is 0.201. The van der Waals surface area contributed by atoms with Crippen molar-refractivity contribution in [3.8, 4) is 5.75 Å². The lowest BCUT2D eigenvalue weighted by atomic mass is 9.76. The summed E-state index contributed by atoms with van der Waals surface area (Å²) >= 11 is 0. The third kappa shape index (κ3) is 3.65. The number of nitrogens with zero attached hydrogens (tertiary/aromatic N) is 1. The molecule has 0 amide bonds. The van der Waals surface area contributed by atoms with Crippen LogP contribution < -0.4 is 10.1 Å². The lowest BCUT2D eigenvalue weighted by Gasteiger charge is -2.44. The third-order valence-corrected chi connectivity index (χ3v) is 4.83. The molecule has 2 saturated carbocycles. The van der Waals surface area contributed by atoms with E-state index in [4.69, 9.17) is 4.74 Å². The van der Waals surface area contributed by atoms with Crippen LogP contribution >= 0.6 is 0 Å². The van der Waals surface area contributed by atoms with Crippen molar-refractivity contribution in [1.29, 1.82) is 0 Å². The second-order valence-electron chi connectivity index (χ2n) is 6.45. The highest BCUT2D eigenvalue weighted by Gasteiger charge is 2.37. The van der Waals surface area contributed by atoms with E-state index in [2.05, 4.69) is 16.5 Å². The lowest BCUT2D eigenvalue weighted by Crippen LogP contribution is -2.57. The molecule has 0 heterocycles. The molecular weight excluding hydrogens is 260 g/mol. The molecule has 0 bridgehead atoms. The molecule has 114 valence electrons. The predicted molar refractivity (Wildman–Crippen MR) is 87.2 cm³/mol. The Balaban J connectivity index is 1.47. The molecule has 0 atom stereocenters. The average Bonchev–Trinajstić information content (AvgIpc) is 2.48. The van der Waals surface area contributed by atoms with Crippen LogP contribution in [-0.4, -0.2) is 30.9 Å². The molecule has 0 saturated heterocycles. The van der Waals surface area contributed by atoms with E-state index in [1.54, 1.807) is 0 Å². The molecule has 0 aromatic heterocycles. The number of benzene rings is 1. The van der Waals surface area contributed by atoms with Gasteiger partial charge in [0.25, 0.3) is 0 Å². The predicted octanol–water partition coefficient (Wildman–Crippen LogP) is 3.59. The maximum Gasteiger partial charge on any atom is 0.119 e. The molecular formula is C18H26N2O. The van der Waals surface area contributed by atoms with Gasteiger partial charge < -0.3 is 10.1 Å². The van der Waals surface area contributed by atoms with E-state index < -0.39 is 0 Å². The van der Waals surface area contributed by atoms with Crippen LogP contribution in [0.2, 0.25) is 0 Å². The quantitative estimate of drug-likeness (QED) is 0.839. The van der Waals surface area contributed by atoms with Crippen molar-refractivity contribution in [2.24, 2.45) is 4.99 Å². The highest BCUT2D eigenvalue weighted by Crippen LogP contribution is 2.33. The van der Waals surface area contributed by atoms with E-state index in [9.17, 15) is 0 Å². The molecule has 3 rings (SSSR count). The Bertz CT molecular complexity index is 459. The normalized spacial score (nSPS) is 28.2. The van der Waals surface area contributed by atoms with Crippen LogP contribution in [-0.2, 0) is 0 Å². The molecule has 1 N–H and O–H groups in total. The highest BCUT2D eigenvalue weighted by molar-refractivity contribution is 5.71. The van der Waals surface area contributed by atoms with Crippen molar-refractivity contribution in [1.82, 2.24) is 5.32 Å². The lowest BCUT2D eigenvalue weighted by molar-refractivity contribution is 0.124. The van der Waals surface area contributed by atoms with E-state index in [1.807, 2.05) is 37.4 Å². The van der Waals surface area contributed by atoms with E-state index in [-0.39, 0.29) is 5.54 Å². The molecule has 21 heavy (non-hydrogen) atoms. The summed E-state index contributed by atoms with van der Waals surface area (Å²) in [4.78, 5) is 4.25. The molecule has 2 aliphatic carbocycles. The molecule has 3 nitrogen and oxygen atoms in total. The Hall–Kier alpha value is -1.35. The fourth-order valence-corrected chi connectivity index (χ4v) is 3.54. The first-order chi connectivity index (χ1) is 10.3. The first-order valence-corrected chi connectivity index (χ1v) is 8.22. The maximum atomic E-state index is 6.07. The monoisotopic (exact) mass is 286 g/mol. The number of hydrogen-bond donors (Lipinski definition) is 1. The van der Waals surface area contributed by atoms with Gasteiger partial charge in [-0.25, -0.2) is 0 Å². The van der Waals surface area contributed by atoms with Crippen molar-refractivity contribution in [3.63, 3.8) is 0 Å². The minimum absolute atomic E-state index is 0.201. The molecule has 0 aliphatic heterocycles. The van der Waals surface area contributed by atoms with Gasteiger partial charge in [0.15, 0.2) is 0 Å². The summed E-state index contributed by atoms with van der Waals surface area (Å²) < 4.78 is 6.07. The van der Waals surface area contributed by atoms with E-state index in [0.717, 1.165) is 18.6 Å². The van der Waals surface area contributed by atoms with Crippen LogP contribution in [0.1, 0.15) is 44.9 Å². The second-order valence-corrected chi connectivity index (χ2v) is 6.45. The number of aliphatic imine (C=N–C) groups is 1. The standard InChI is InChI=1S/C18H26N2O/c1-19-14-18(12-5-13-18)20-15-8-10-17(11-9-15)21-16-6-3-2-4-7-16/h2-4,6-7,14-15,17,20H,5,8-13H2,1H3/b19-14-. The SMILES string of the molecule is C/N=C\C1(NC2CCC(Oc3ccccc3)CC2)CCC1. The Morgan fingerprint density at radius 1 is 1.14 bits per heavy atom. The van der Waals surface area contributed by atoms with E-state index in [0.29, 0.717) is 12.1 Å². The number of rotatable bonds is 5. The van der Waals surface area contributed by atoms with Gasteiger partial charge in [0, 0.05) is 19.3 Å². The first kappa shape index (κ1) is 14.6. The zero-order valence-corrected chi connectivity index (χ0v) is 12.9. The third-order valence-electron chi connectivity index (χ3n) is 4.83. The smallest absolute Gasteiger partial charge is 0.119 e. The zero-order valence-electron chi connectivity index (χ0n) is 12.9. The zero-order chi connectivity index (χ0) is 14.5. The minimum Gasteiger partial charge on any atom is -0.490 e. The summed E-state index contributed by atoms with van der Waals surface area (Å²) in [5.74, 6) is 1.00. The van der Waals surface area contributed by atoms with Crippen LogP contribution in [0.4, 0.5) is 0 Å². The van der Waals surface area contributed by atoms with Crippen LogP contribution in [0.5, 0.6) is 5.75 Å². The van der Waals surface area contributed by atoms with Crippen molar-refractivity contribution < 1.29 is 4.74 Å². The molecule has 0 unspecified atom stereocenters. The highest BCUT2D eigenvalue weighted by atomic mass is 16.5. The van der Waals surface area contributed by atoms with Gasteiger partial charge in [-0.05, 0) is 57.1 Å². The van der Waals surface area contributed by atoms with Crippen LogP contribution in [0.15, 0.2) is 35.3 Å². The summed E-state index contributed by atoms with van der Waals surface area (Å²) in [6.07, 6.45) is 11.0. The summed E-state index contributed by atoms with van der Waals surface area (Å²) in [7, 11) is 1.88. The van der Waals surface area contributed by atoms with Crippen molar-refractivity contribution in [2.75, 3.05) is 7.05 Å². The number of nitrogens with one attached hydrogen (secondary N) is 1. The Morgan fingerprint density at radius 3 is 2.43 bits per heavy atom. The van der Waals surface area contributed by atoms with Gasteiger partial charge in [-0.1, -0.05) is 18.2 Å². The van der Waals surface area contributed by atoms with Gasteiger partial charge in [-0.2, -0.15) is 0 Å². The molecule has 1 aromatic rings. The maximum absolute atomic E-state index is 6.07. The Morgan fingerprint density at radius 2 is 1.86 bits per heavy atom. The van der Waals surface area contributed by atoms with Gasteiger partial charge in [0.2, 0.25) is 0 Å². The molecule has 1 aromatic carbocycles. The summed E-state index contributed by atoms with van der Waals surface area (Å²) in [6, 6.07) is 10.8. The van der Waals surface area contributed by atoms with Crippen molar-refractivity contribution in [3.05, 3.63) is 30.3 Å². The minimum atomic E-state index is 0.201. The van der Waals surface area contributed by atoms with Gasteiger partial charge in [0.05, 0.1) is 11.6 Å². The van der Waals surface area contributed by atoms with Gasteiger partial charge in [0.1, 0.15) is 5.75 Å². The van der Waals surface area contributed by atoms with Gasteiger partial charge in [-0.3, -0.25) is 4.99 Å². The van der Waals surface area contributed by atoms with Crippen LogP contribution in [0.25, 0.3) is 0 Å². The van der Waals surface area contributed by atoms with Gasteiger partial charge in [-0.15, -0.1) is 0 Å². The van der Waals surface area contributed by atoms with E-state index in [1.165, 1.54) is 32.1 Å². The molecule has 0 radical (unpaired) electrons. The molecule has 2 aliphatic rings. The first-order valence-electron chi connectivity index (χ1n) is 8.22. The number of hydrogen-bond acceptors (Lipinski definition) is 3. The van der Waals surface area contributed by atoms with Crippen LogP contribution in [0, 0.1) is 0 Å². The van der Waals surface area contributed by atoms with E-state index >= 15 is 0 Å². The molecule has 2 fully saturated rings. The van der Waals surface area contributed by atoms with Crippen molar-refractivity contribution >= 4 is 6.21 Å². The topological polar surface area (TPSA) is 33.6 Å². The summed E-state index contributed by atoms with van der Waals surface area (Å²) in [5, 5.41) is 3.85. The molecule has 3 heteroatoms. The summed E-state index contributed by atoms with van der Waals surface area (Å²) in [6.45, 7) is 0. The van der Waals surface area contributed by atoms with Gasteiger partial charge >= 0.3 is 0 Å². The fraction of sp³-hybridized carbons (Fsp3) is 0.611. The Kier molecular flexibility index (Phi) is 4.59. The Labute approximate surface area is 127 Å². The van der Waals surface area contributed by atoms with Crippen LogP contribution in [0.3, 0.4) is 0 Å². The number of para-hydroxylation sites is 1. The largest absolute Gasteiger partial charge is 0.490 e. The average molecular weight is 286 g/mol. The van der Waals surface area contributed by atoms with Crippen molar-refractivity contribution in [2.45, 2.75) is 62.6 Å².